The average Bonchev–Trinajstić information content (AvgIpc) is 2.91. The van der Waals surface area contributed by atoms with Crippen molar-refractivity contribution in [3.63, 3.8) is 0 Å². The summed E-state index contributed by atoms with van der Waals surface area (Å²) in [5.41, 5.74) is 2.70. The van der Waals surface area contributed by atoms with E-state index in [4.69, 9.17) is 4.74 Å². The smallest absolute Gasteiger partial charge is 0.223 e. The molecule has 2 atom stereocenters. The van der Waals surface area contributed by atoms with Crippen molar-refractivity contribution in [2.24, 2.45) is 5.92 Å². The van der Waals surface area contributed by atoms with Gasteiger partial charge in [0.2, 0.25) is 5.91 Å². The number of ether oxygens (including phenoxy) is 1. The highest BCUT2D eigenvalue weighted by Crippen LogP contribution is 2.45. The van der Waals surface area contributed by atoms with Crippen molar-refractivity contribution in [1.82, 2.24) is 4.90 Å². The molecular weight excluding hydrogens is 286 g/mol. The maximum atomic E-state index is 12.7. The zero-order valence-electron chi connectivity index (χ0n) is 14.1. The highest BCUT2D eigenvalue weighted by molar-refractivity contribution is 5.81. The van der Waals surface area contributed by atoms with Crippen molar-refractivity contribution in [1.29, 1.82) is 0 Å². The van der Waals surface area contributed by atoms with E-state index >= 15 is 0 Å². The van der Waals surface area contributed by atoms with E-state index in [0.717, 1.165) is 31.1 Å². The largest absolute Gasteiger partial charge is 0.496 e. The first-order valence-electron chi connectivity index (χ1n) is 9.23. The minimum absolute atomic E-state index is 0.376. The average molecular weight is 313 g/mol. The number of nitrogens with zero attached hydrogens (tertiary/aromatic N) is 1. The predicted octanol–water partition coefficient (Wildman–Crippen LogP) is 3.91. The minimum Gasteiger partial charge on any atom is -0.496 e. The molecule has 1 aliphatic heterocycles. The van der Waals surface area contributed by atoms with Crippen LogP contribution in [0.15, 0.2) is 18.2 Å². The summed E-state index contributed by atoms with van der Waals surface area (Å²) < 4.78 is 5.54. The molecule has 2 fully saturated rings. The van der Waals surface area contributed by atoms with Crippen LogP contribution in [-0.2, 0) is 11.2 Å². The van der Waals surface area contributed by atoms with Crippen molar-refractivity contribution >= 4 is 5.91 Å². The summed E-state index contributed by atoms with van der Waals surface area (Å²) in [6.45, 7) is 0.999. The van der Waals surface area contributed by atoms with Crippen molar-refractivity contribution < 1.29 is 9.53 Å². The summed E-state index contributed by atoms with van der Waals surface area (Å²) in [6.07, 6.45) is 9.52. The standard InChI is InChI=1S/C20H27NO2/c1-23-19-9-5-8-15-16(19)10-11-18-17(15)12-20(22)21(18)13-14-6-3-2-4-7-14/h5,8-9,14,17-18H,2-4,6-7,10-13H2,1H3/t17-,18+/m1/s1. The van der Waals surface area contributed by atoms with Gasteiger partial charge in [-0.05, 0) is 48.8 Å². The van der Waals surface area contributed by atoms with Gasteiger partial charge in [0.1, 0.15) is 5.75 Å². The maximum Gasteiger partial charge on any atom is 0.223 e. The van der Waals surface area contributed by atoms with Gasteiger partial charge >= 0.3 is 0 Å². The lowest BCUT2D eigenvalue weighted by Gasteiger charge is -2.36. The highest BCUT2D eigenvalue weighted by Gasteiger charge is 2.44. The molecule has 1 saturated heterocycles. The molecule has 1 amide bonds. The molecule has 0 aromatic heterocycles. The van der Waals surface area contributed by atoms with E-state index in [-0.39, 0.29) is 0 Å². The summed E-state index contributed by atoms with van der Waals surface area (Å²) in [7, 11) is 1.75. The number of rotatable bonds is 3. The van der Waals surface area contributed by atoms with Crippen LogP contribution < -0.4 is 4.74 Å². The zero-order valence-corrected chi connectivity index (χ0v) is 14.1. The monoisotopic (exact) mass is 313 g/mol. The first-order valence-corrected chi connectivity index (χ1v) is 9.23. The summed E-state index contributed by atoms with van der Waals surface area (Å²) in [6, 6.07) is 6.76. The molecule has 3 nitrogen and oxygen atoms in total. The van der Waals surface area contributed by atoms with Crippen molar-refractivity contribution in [3.05, 3.63) is 29.3 Å². The van der Waals surface area contributed by atoms with Crippen LogP contribution in [0.4, 0.5) is 0 Å². The molecule has 1 heterocycles. The molecule has 124 valence electrons. The number of benzene rings is 1. The fourth-order valence-electron chi connectivity index (χ4n) is 5.08. The Balaban J connectivity index is 1.56. The number of fused-ring (bicyclic) bond motifs is 3. The van der Waals surface area contributed by atoms with E-state index in [1.54, 1.807) is 7.11 Å². The molecule has 0 radical (unpaired) electrons. The number of likely N-dealkylation sites (tertiary alicyclic amines) is 1. The Labute approximate surface area is 139 Å². The first kappa shape index (κ1) is 15.0. The molecular formula is C20H27NO2. The third kappa shape index (κ3) is 2.64. The zero-order chi connectivity index (χ0) is 15.8. The third-order valence-corrected chi connectivity index (χ3v) is 6.24. The lowest BCUT2D eigenvalue weighted by Crippen LogP contribution is -2.40. The fourth-order valence-corrected chi connectivity index (χ4v) is 5.08. The van der Waals surface area contributed by atoms with Gasteiger partial charge in [0.25, 0.3) is 0 Å². The van der Waals surface area contributed by atoms with Crippen molar-refractivity contribution in [2.75, 3.05) is 13.7 Å². The molecule has 23 heavy (non-hydrogen) atoms. The first-order chi connectivity index (χ1) is 11.3. The fraction of sp³-hybridized carbons (Fsp3) is 0.650. The van der Waals surface area contributed by atoms with Gasteiger partial charge in [-0.1, -0.05) is 31.4 Å². The minimum atomic E-state index is 0.376. The van der Waals surface area contributed by atoms with Crippen LogP contribution in [0.25, 0.3) is 0 Å². The second kappa shape index (κ2) is 6.18. The molecule has 1 aromatic rings. The number of carbonyl (C=O) groups is 1. The van der Waals surface area contributed by atoms with E-state index in [9.17, 15) is 4.79 Å². The molecule has 4 rings (SSSR count). The summed E-state index contributed by atoms with van der Waals surface area (Å²) >= 11 is 0. The van der Waals surface area contributed by atoms with Gasteiger partial charge in [-0.15, -0.1) is 0 Å². The number of carbonyl (C=O) groups excluding carboxylic acids is 1. The Morgan fingerprint density at radius 3 is 2.78 bits per heavy atom. The van der Waals surface area contributed by atoms with Crippen LogP contribution >= 0.6 is 0 Å². The molecule has 3 heteroatoms. The Morgan fingerprint density at radius 1 is 1.17 bits per heavy atom. The number of amides is 1. The third-order valence-electron chi connectivity index (χ3n) is 6.24. The van der Waals surface area contributed by atoms with E-state index in [0.29, 0.717) is 24.3 Å². The Kier molecular flexibility index (Phi) is 4.04. The van der Waals surface area contributed by atoms with Crippen LogP contribution in [0.3, 0.4) is 0 Å². The molecule has 3 aliphatic rings. The number of hydrogen-bond donors (Lipinski definition) is 0. The van der Waals surface area contributed by atoms with Crippen LogP contribution in [0, 0.1) is 5.92 Å². The summed E-state index contributed by atoms with van der Waals surface area (Å²) in [4.78, 5) is 14.9. The molecule has 2 aliphatic carbocycles. The van der Waals surface area contributed by atoms with Gasteiger partial charge in [-0.2, -0.15) is 0 Å². The van der Waals surface area contributed by atoms with Gasteiger partial charge in [0.15, 0.2) is 0 Å². The molecule has 0 N–H and O–H groups in total. The van der Waals surface area contributed by atoms with Crippen molar-refractivity contribution in [2.45, 2.75) is 63.3 Å². The van der Waals surface area contributed by atoms with Crippen LogP contribution in [0.5, 0.6) is 5.75 Å². The molecule has 0 bridgehead atoms. The summed E-state index contributed by atoms with van der Waals surface area (Å²) in [5, 5.41) is 0. The van der Waals surface area contributed by atoms with Crippen LogP contribution in [-0.4, -0.2) is 30.5 Å². The van der Waals surface area contributed by atoms with Gasteiger partial charge in [-0.3, -0.25) is 4.79 Å². The lowest BCUT2D eigenvalue weighted by molar-refractivity contribution is -0.129. The van der Waals surface area contributed by atoms with Gasteiger partial charge in [-0.25, -0.2) is 0 Å². The van der Waals surface area contributed by atoms with Crippen LogP contribution in [0.1, 0.15) is 62.0 Å². The van der Waals surface area contributed by atoms with E-state index in [2.05, 4.69) is 23.1 Å². The topological polar surface area (TPSA) is 29.5 Å². The highest BCUT2D eigenvalue weighted by atomic mass is 16.5. The van der Waals surface area contributed by atoms with E-state index in [1.165, 1.54) is 43.2 Å². The molecule has 0 unspecified atom stereocenters. The second-order valence-corrected chi connectivity index (χ2v) is 7.49. The number of hydrogen-bond acceptors (Lipinski definition) is 2. The quantitative estimate of drug-likeness (QED) is 0.847. The lowest BCUT2D eigenvalue weighted by atomic mass is 9.79. The second-order valence-electron chi connectivity index (χ2n) is 7.49. The molecule has 0 spiro atoms. The normalized spacial score (nSPS) is 27.7. The maximum absolute atomic E-state index is 12.7. The van der Waals surface area contributed by atoms with Gasteiger partial charge in [0.05, 0.1) is 7.11 Å². The summed E-state index contributed by atoms with van der Waals surface area (Å²) in [5.74, 6) is 2.49. The van der Waals surface area contributed by atoms with E-state index in [1.807, 2.05) is 0 Å². The number of methoxy groups -OCH3 is 1. The molecule has 1 saturated carbocycles. The van der Waals surface area contributed by atoms with Crippen molar-refractivity contribution in [3.8, 4) is 5.75 Å². The Bertz CT molecular complexity index is 591. The Hall–Kier alpha value is -1.51. The van der Waals surface area contributed by atoms with Gasteiger partial charge in [0, 0.05) is 24.9 Å². The van der Waals surface area contributed by atoms with Gasteiger partial charge < -0.3 is 9.64 Å². The SMILES string of the molecule is COc1cccc2c1CC[C@H]1[C@@H]2CC(=O)N1CC1CCCCC1. The van der Waals surface area contributed by atoms with E-state index < -0.39 is 0 Å². The molecule has 1 aromatic carbocycles. The van der Waals surface area contributed by atoms with Crippen LogP contribution in [0.2, 0.25) is 0 Å². The Morgan fingerprint density at radius 2 is 2.00 bits per heavy atom. The predicted molar refractivity (Wildman–Crippen MR) is 90.7 cm³/mol.